The van der Waals surface area contributed by atoms with Crippen LogP contribution in [0.25, 0.3) is 0 Å². The largest absolute Gasteiger partial charge is 0.341 e. The van der Waals surface area contributed by atoms with E-state index in [1.807, 2.05) is 24.1 Å². The molecule has 0 bridgehead atoms. The summed E-state index contributed by atoms with van der Waals surface area (Å²) in [5.41, 5.74) is 1.01. The first-order chi connectivity index (χ1) is 9.59. The number of carbonyl (C=O) groups excluding carboxylic acids is 1. The third kappa shape index (κ3) is 2.54. The number of likely N-dealkylation sites (N-methyl/N-ethyl adjacent to an activating group) is 1. The standard InChI is InChI=1S/C15H18Cl2N2O/c1-19(9-5-6-18-8-9)15(20)12-7-11(12)10-3-2-4-13(16)14(10)17/h2-4,9,11-12,18H,5-8H2,1H3/t9-,11+,12-/m1/s1. The fourth-order valence-corrected chi connectivity index (χ4v) is 3.48. The number of halogens is 2. The van der Waals surface area contributed by atoms with Crippen molar-refractivity contribution in [3.05, 3.63) is 33.8 Å². The maximum atomic E-state index is 12.5. The topological polar surface area (TPSA) is 32.3 Å². The van der Waals surface area contributed by atoms with E-state index in [2.05, 4.69) is 5.32 Å². The molecule has 1 saturated carbocycles. The van der Waals surface area contributed by atoms with Crippen molar-refractivity contribution in [3.63, 3.8) is 0 Å². The summed E-state index contributed by atoms with van der Waals surface area (Å²) >= 11 is 12.3. The molecular formula is C15H18Cl2N2O. The van der Waals surface area contributed by atoms with Crippen LogP contribution in [0.3, 0.4) is 0 Å². The van der Waals surface area contributed by atoms with Crippen LogP contribution in [0, 0.1) is 5.92 Å². The fourth-order valence-electron chi connectivity index (χ4n) is 3.03. The summed E-state index contributed by atoms with van der Waals surface area (Å²) in [5, 5.41) is 4.46. The van der Waals surface area contributed by atoms with E-state index in [0.29, 0.717) is 16.1 Å². The van der Waals surface area contributed by atoms with Gasteiger partial charge >= 0.3 is 0 Å². The lowest BCUT2D eigenvalue weighted by Gasteiger charge is -2.24. The molecule has 3 atom stereocenters. The van der Waals surface area contributed by atoms with E-state index >= 15 is 0 Å². The molecule has 0 radical (unpaired) electrons. The third-order valence-electron chi connectivity index (χ3n) is 4.42. The minimum atomic E-state index is 0.0663. The Hall–Kier alpha value is -0.770. The lowest BCUT2D eigenvalue weighted by Crippen LogP contribution is -2.39. The van der Waals surface area contributed by atoms with Crippen LogP contribution < -0.4 is 5.32 Å². The van der Waals surface area contributed by atoms with E-state index < -0.39 is 0 Å². The summed E-state index contributed by atoms with van der Waals surface area (Å²) in [5.74, 6) is 0.529. The van der Waals surface area contributed by atoms with Gasteiger partial charge < -0.3 is 10.2 Å². The van der Waals surface area contributed by atoms with E-state index in [0.717, 1.165) is 31.5 Å². The maximum absolute atomic E-state index is 12.5. The molecule has 1 heterocycles. The molecule has 1 aromatic rings. The highest BCUT2D eigenvalue weighted by atomic mass is 35.5. The van der Waals surface area contributed by atoms with Crippen LogP contribution in [0.4, 0.5) is 0 Å². The van der Waals surface area contributed by atoms with Gasteiger partial charge in [0.2, 0.25) is 5.91 Å². The number of benzene rings is 1. The zero-order valence-electron chi connectivity index (χ0n) is 11.4. The van der Waals surface area contributed by atoms with Gasteiger partial charge in [-0.3, -0.25) is 4.79 Å². The minimum absolute atomic E-state index is 0.0663. The molecule has 1 saturated heterocycles. The Balaban J connectivity index is 1.69. The Kier molecular flexibility index (Phi) is 3.93. The molecular weight excluding hydrogens is 295 g/mol. The van der Waals surface area contributed by atoms with Crippen molar-refractivity contribution in [3.8, 4) is 0 Å². The normalized spacial score (nSPS) is 28.4. The molecule has 2 fully saturated rings. The van der Waals surface area contributed by atoms with Crippen molar-refractivity contribution >= 4 is 29.1 Å². The van der Waals surface area contributed by atoms with Crippen LogP contribution in [-0.2, 0) is 4.79 Å². The predicted octanol–water partition coefficient (Wildman–Crippen LogP) is 2.92. The lowest BCUT2D eigenvalue weighted by molar-refractivity contribution is -0.133. The molecule has 1 aromatic carbocycles. The smallest absolute Gasteiger partial charge is 0.226 e. The van der Waals surface area contributed by atoms with Crippen molar-refractivity contribution in [2.45, 2.75) is 24.8 Å². The molecule has 3 nitrogen and oxygen atoms in total. The molecule has 20 heavy (non-hydrogen) atoms. The SMILES string of the molecule is CN(C(=O)[C@@H]1C[C@H]1c1cccc(Cl)c1Cl)[C@@H]1CCNC1. The average molecular weight is 313 g/mol. The van der Waals surface area contributed by atoms with Gasteiger partial charge in [0.15, 0.2) is 0 Å². The predicted molar refractivity (Wildman–Crippen MR) is 81.4 cm³/mol. The molecule has 1 N–H and O–H groups in total. The molecule has 1 aliphatic heterocycles. The number of nitrogens with one attached hydrogen (secondary N) is 1. The Morgan fingerprint density at radius 2 is 2.20 bits per heavy atom. The highest BCUT2D eigenvalue weighted by molar-refractivity contribution is 6.42. The van der Waals surface area contributed by atoms with Gasteiger partial charge in [-0.05, 0) is 36.9 Å². The van der Waals surface area contributed by atoms with Gasteiger partial charge in [0.05, 0.1) is 10.0 Å². The van der Waals surface area contributed by atoms with Crippen LogP contribution in [-0.4, -0.2) is 37.0 Å². The van der Waals surface area contributed by atoms with Crippen molar-refractivity contribution in [2.75, 3.05) is 20.1 Å². The number of hydrogen-bond acceptors (Lipinski definition) is 2. The van der Waals surface area contributed by atoms with Gasteiger partial charge in [-0.15, -0.1) is 0 Å². The molecule has 108 valence electrons. The van der Waals surface area contributed by atoms with Gasteiger partial charge in [0.25, 0.3) is 0 Å². The van der Waals surface area contributed by atoms with Crippen molar-refractivity contribution in [1.29, 1.82) is 0 Å². The highest BCUT2D eigenvalue weighted by Crippen LogP contribution is 2.51. The number of carbonyl (C=O) groups is 1. The summed E-state index contributed by atoms with van der Waals surface area (Å²) in [6, 6.07) is 5.99. The van der Waals surface area contributed by atoms with Gasteiger partial charge in [-0.25, -0.2) is 0 Å². The van der Waals surface area contributed by atoms with E-state index in [1.54, 1.807) is 6.07 Å². The Bertz CT molecular complexity index is 529. The second kappa shape index (κ2) is 5.55. The maximum Gasteiger partial charge on any atom is 0.226 e. The number of nitrogens with zero attached hydrogens (tertiary/aromatic N) is 1. The van der Waals surface area contributed by atoms with E-state index in [1.165, 1.54) is 0 Å². The zero-order chi connectivity index (χ0) is 14.3. The van der Waals surface area contributed by atoms with Gasteiger partial charge in [-0.1, -0.05) is 35.3 Å². The Labute approximate surface area is 129 Å². The average Bonchev–Trinajstić information content (AvgIpc) is 3.04. The van der Waals surface area contributed by atoms with Crippen LogP contribution in [0.15, 0.2) is 18.2 Å². The van der Waals surface area contributed by atoms with Gasteiger partial charge in [-0.2, -0.15) is 0 Å². The number of amides is 1. The molecule has 3 rings (SSSR count). The molecule has 0 aromatic heterocycles. The Morgan fingerprint density at radius 1 is 1.40 bits per heavy atom. The second-order valence-corrected chi connectivity index (χ2v) is 6.47. The first-order valence-corrected chi connectivity index (χ1v) is 7.76. The van der Waals surface area contributed by atoms with Crippen molar-refractivity contribution in [2.24, 2.45) is 5.92 Å². The number of hydrogen-bond donors (Lipinski definition) is 1. The highest BCUT2D eigenvalue weighted by Gasteiger charge is 2.47. The van der Waals surface area contributed by atoms with Crippen LogP contribution >= 0.6 is 23.2 Å². The van der Waals surface area contributed by atoms with E-state index in [9.17, 15) is 4.79 Å². The molecule has 0 spiro atoms. The summed E-state index contributed by atoms with van der Waals surface area (Å²) in [7, 11) is 1.91. The van der Waals surface area contributed by atoms with E-state index in [-0.39, 0.29) is 17.7 Å². The summed E-state index contributed by atoms with van der Waals surface area (Å²) in [6.07, 6.45) is 1.92. The van der Waals surface area contributed by atoms with Gasteiger partial charge in [0, 0.05) is 25.6 Å². The van der Waals surface area contributed by atoms with Gasteiger partial charge in [0.1, 0.15) is 0 Å². The van der Waals surface area contributed by atoms with Crippen LogP contribution in [0.1, 0.15) is 24.3 Å². The van der Waals surface area contributed by atoms with Crippen molar-refractivity contribution < 1.29 is 4.79 Å². The van der Waals surface area contributed by atoms with Crippen LogP contribution in [0.2, 0.25) is 10.0 Å². The first-order valence-electron chi connectivity index (χ1n) is 7.01. The number of rotatable bonds is 3. The van der Waals surface area contributed by atoms with Crippen LogP contribution in [0.5, 0.6) is 0 Å². The monoisotopic (exact) mass is 312 g/mol. The second-order valence-electron chi connectivity index (χ2n) is 5.69. The molecule has 0 unspecified atom stereocenters. The van der Waals surface area contributed by atoms with E-state index in [4.69, 9.17) is 23.2 Å². The third-order valence-corrected chi connectivity index (χ3v) is 5.25. The quantitative estimate of drug-likeness (QED) is 0.930. The Morgan fingerprint density at radius 3 is 2.90 bits per heavy atom. The first kappa shape index (κ1) is 14.2. The minimum Gasteiger partial charge on any atom is -0.341 e. The summed E-state index contributed by atoms with van der Waals surface area (Å²) < 4.78 is 0. The lowest BCUT2D eigenvalue weighted by atomic mass is 10.1. The molecule has 5 heteroatoms. The molecule has 1 aliphatic carbocycles. The van der Waals surface area contributed by atoms with Crippen molar-refractivity contribution in [1.82, 2.24) is 10.2 Å². The molecule has 2 aliphatic rings. The summed E-state index contributed by atoms with van der Waals surface area (Å²) in [4.78, 5) is 14.4. The fraction of sp³-hybridized carbons (Fsp3) is 0.533. The summed E-state index contributed by atoms with van der Waals surface area (Å²) in [6.45, 7) is 1.90. The molecule has 1 amide bonds. The zero-order valence-corrected chi connectivity index (χ0v) is 12.9.